The summed E-state index contributed by atoms with van der Waals surface area (Å²) < 4.78 is 4.98. The number of esters is 1. The molecule has 1 fully saturated rings. The van der Waals surface area contributed by atoms with Gasteiger partial charge in [-0.05, 0) is 44.7 Å². The number of anilines is 1. The zero-order chi connectivity index (χ0) is 21.1. The van der Waals surface area contributed by atoms with Gasteiger partial charge in [-0.2, -0.15) is 0 Å². The van der Waals surface area contributed by atoms with E-state index >= 15 is 0 Å². The van der Waals surface area contributed by atoms with Crippen molar-refractivity contribution in [1.29, 1.82) is 0 Å². The molecule has 156 valence electrons. The monoisotopic (exact) mass is 391 g/mol. The number of nitrogens with two attached hydrogens (primary N) is 2. The van der Waals surface area contributed by atoms with E-state index in [1.54, 1.807) is 7.05 Å². The van der Waals surface area contributed by atoms with Crippen molar-refractivity contribution in [2.45, 2.75) is 33.6 Å². The second-order valence-electron chi connectivity index (χ2n) is 7.79. The molecule has 0 spiro atoms. The first kappa shape index (κ1) is 22.0. The third-order valence-corrected chi connectivity index (χ3v) is 5.71. The van der Waals surface area contributed by atoms with Crippen molar-refractivity contribution in [2.75, 3.05) is 38.8 Å². The van der Waals surface area contributed by atoms with Crippen LogP contribution < -0.4 is 16.5 Å². The normalized spacial score (nSPS) is 18.1. The van der Waals surface area contributed by atoms with Crippen molar-refractivity contribution in [3.8, 4) is 0 Å². The van der Waals surface area contributed by atoms with Crippen molar-refractivity contribution in [3.63, 3.8) is 0 Å². The maximum absolute atomic E-state index is 12.1. The minimum Gasteiger partial charge on any atom is -0.469 e. The fourth-order valence-corrected chi connectivity index (χ4v) is 3.72. The number of hydrogen-bond donors (Lipinski definition) is 3. The minimum atomic E-state index is -0.530. The van der Waals surface area contributed by atoms with Crippen LogP contribution in [0.5, 0.6) is 0 Å². The number of nitrogens with zero attached hydrogens (tertiary/aromatic N) is 3. The van der Waals surface area contributed by atoms with E-state index in [9.17, 15) is 9.90 Å². The molecule has 1 aromatic rings. The number of aryl methyl sites for hydroxylation is 1. The van der Waals surface area contributed by atoms with Gasteiger partial charge in [0, 0.05) is 20.1 Å². The van der Waals surface area contributed by atoms with Gasteiger partial charge in [0.05, 0.1) is 47.6 Å². The van der Waals surface area contributed by atoms with E-state index in [0.29, 0.717) is 17.1 Å². The second-order valence-corrected chi connectivity index (χ2v) is 7.79. The van der Waals surface area contributed by atoms with Crippen molar-refractivity contribution >= 4 is 17.4 Å². The predicted octanol–water partition coefficient (Wildman–Crippen LogP) is 1.09. The number of hydrazine groups is 1. The van der Waals surface area contributed by atoms with E-state index in [1.807, 2.05) is 32.9 Å². The van der Waals surface area contributed by atoms with Gasteiger partial charge in [0.15, 0.2) is 0 Å². The maximum atomic E-state index is 12.1. The summed E-state index contributed by atoms with van der Waals surface area (Å²) in [5, 5.41) is 10.8. The Kier molecular flexibility index (Phi) is 6.90. The van der Waals surface area contributed by atoms with E-state index in [0.717, 1.165) is 37.3 Å². The zero-order valence-electron chi connectivity index (χ0n) is 17.5. The SMILES string of the molecule is CCc1nc(/C(N)=C(\CO)N(C)N)ccc1N1CCC(C(C)(C)C(=O)OC)C1. The van der Waals surface area contributed by atoms with Crippen molar-refractivity contribution < 1.29 is 14.6 Å². The van der Waals surface area contributed by atoms with Crippen LogP contribution in [-0.2, 0) is 16.0 Å². The number of aliphatic hydroxyl groups is 1. The Balaban J connectivity index is 2.30. The highest BCUT2D eigenvalue weighted by Crippen LogP contribution is 2.38. The standard InChI is InChI=1S/C20H33N5O3/c1-6-14-16(8-7-15(23-14)18(21)17(12-26)24(4)22)25-10-9-13(11-25)20(2,3)19(27)28-5/h7-8,13,26H,6,9-12,21-22H2,1-5H3/b18-17-. The van der Waals surface area contributed by atoms with Gasteiger partial charge in [0.2, 0.25) is 0 Å². The fraction of sp³-hybridized carbons (Fsp3) is 0.600. The van der Waals surface area contributed by atoms with Gasteiger partial charge >= 0.3 is 5.97 Å². The molecule has 0 aliphatic carbocycles. The van der Waals surface area contributed by atoms with Crippen LogP contribution in [0.1, 0.15) is 38.6 Å². The molecule has 1 atom stereocenters. The predicted molar refractivity (Wildman–Crippen MR) is 110 cm³/mol. The van der Waals surface area contributed by atoms with Crippen LogP contribution in [-0.4, -0.2) is 54.9 Å². The summed E-state index contributed by atoms with van der Waals surface area (Å²) in [4.78, 5) is 19.1. The number of carbonyl (C=O) groups excluding carboxylic acids is 1. The van der Waals surface area contributed by atoms with E-state index in [-0.39, 0.29) is 18.5 Å². The van der Waals surface area contributed by atoms with Crippen LogP contribution in [0.4, 0.5) is 5.69 Å². The Morgan fingerprint density at radius 3 is 2.68 bits per heavy atom. The molecule has 2 heterocycles. The number of methoxy groups -OCH3 is 1. The largest absolute Gasteiger partial charge is 0.469 e. The number of carbonyl (C=O) groups is 1. The highest BCUT2D eigenvalue weighted by Gasteiger charge is 2.41. The van der Waals surface area contributed by atoms with Crippen LogP contribution in [0.3, 0.4) is 0 Å². The summed E-state index contributed by atoms with van der Waals surface area (Å²) in [7, 11) is 3.06. The number of ether oxygens (including phenoxy) is 1. The van der Waals surface area contributed by atoms with E-state index in [2.05, 4.69) is 4.90 Å². The second kappa shape index (κ2) is 8.79. The Labute approximate surface area is 167 Å². The molecule has 28 heavy (non-hydrogen) atoms. The van der Waals surface area contributed by atoms with Crippen LogP contribution >= 0.6 is 0 Å². The number of hydrogen-bond acceptors (Lipinski definition) is 8. The Hall–Kier alpha value is -2.32. The first-order valence-corrected chi connectivity index (χ1v) is 9.58. The Morgan fingerprint density at radius 1 is 1.46 bits per heavy atom. The highest BCUT2D eigenvalue weighted by atomic mass is 16.5. The molecule has 0 radical (unpaired) electrons. The van der Waals surface area contributed by atoms with E-state index < -0.39 is 5.41 Å². The number of pyridine rings is 1. The third kappa shape index (κ3) is 4.23. The summed E-state index contributed by atoms with van der Waals surface area (Å²) in [5.74, 6) is 5.77. The molecule has 1 unspecified atom stereocenters. The molecule has 1 aliphatic rings. The van der Waals surface area contributed by atoms with Gasteiger partial charge in [0.1, 0.15) is 0 Å². The van der Waals surface area contributed by atoms with Gasteiger partial charge in [-0.3, -0.25) is 4.79 Å². The lowest BCUT2D eigenvalue weighted by Crippen LogP contribution is -2.36. The van der Waals surface area contributed by atoms with Gasteiger partial charge in [0.25, 0.3) is 0 Å². The topological polar surface area (TPSA) is 118 Å². The molecular weight excluding hydrogens is 358 g/mol. The van der Waals surface area contributed by atoms with Crippen LogP contribution in [0, 0.1) is 11.3 Å². The number of aliphatic hydroxyl groups excluding tert-OH is 1. The summed E-state index contributed by atoms with van der Waals surface area (Å²) in [6.07, 6.45) is 1.66. The molecule has 8 heteroatoms. The average molecular weight is 392 g/mol. The maximum Gasteiger partial charge on any atom is 0.311 e. The van der Waals surface area contributed by atoms with Crippen LogP contribution in [0.15, 0.2) is 17.8 Å². The fourth-order valence-electron chi connectivity index (χ4n) is 3.72. The number of likely N-dealkylation sites (N-methyl/N-ethyl adjacent to an activating group) is 1. The molecule has 2 rings (SSSR count). The number of rotatable bonds is 7. The molecule has 1 aromatic heterocycles. The molecule has 1 aliphatic heterocycles. The summed E-state index contributed by atoms with van der Waals surface area (Å²) in [6, 6.07) is 3.86. The number of aromatic nitrogens is 1. The third-order valence-electron chi connectivity index (χ3n) is 5.71. The Bertz CT molecular complexity index is 745. The van der Waals surface area contributed by atoms with Gasteiger partial charge < -0.3 is 25.5 Å². The molecule has 0 saturated carbocycles. The minimum absolute atomic E-state index is 0.177. The summed E-state index contributed by atoms with van der Waals surface area (Å²) in [6.45, 7) is 7.30. The highest BCUT2D eigenvalue weighted by molar-refractivity contribution is 5.76. The molecule has 0 aromatic carbocycles. The van der Waals surface area contributed by atoms with Crippen molar-refractivity contribution in [1.82, 2.24) is 9.99 Å². The Morgan fingerprint density at radius 2 is 2.14 bits per heavy atom. The lowest BCUT2D eigenvalue weighted by molar-refractivity contribution is -0.153. The lowest BCUT2D eigenvalue weighted by atomic mass is 9.78. The van der Waals surface area contributed by atoms with Gasteiger partial charge in [-0.25, -0.2) is 10.8 Å². The van der Waals surface area contributed by atoms with E-state index in [4.69, 9.17) is 21.3 Å². The molecule has 5 N–H and O–H groups in total. The zero-order valence-corrected chi connectivity index (χ0v) is 17.5. The quantitative estimate of drug-likeness (QED) is 0.359. The van der Waals surface area contributed by atoms with Crippen molar-refractivity contribution in [3.05, 3.63) is 29.2 Å². The first-order valence-electron chi connectivity index (χ1n) is 9.58. The van der Waals surface area contributed by atoms with Crippen molar-refractivity contribution in [2.24, 2.45) is 22.9 Å². The summed E-state index contributed by atoms with van der Waals surface area (Å²) in [5.41, 5.74) is 8.99. The van der Waals surface area contributed by atoms with Gasteiger partial charge in [-0.1, -0.05) is 6.92 Å². The summed E-state index contributed by atoms with van der Waals surface area (Å²) >= 11 is 0. The van der Waals surface area contributed by atoms with Crippen LogP contribution in [0.25, 0.3) is 5.70 Å². The van der Waals surface area contributed by atoms with Gasteiger partial charge in [-0.15, -0.1) is 0 Å². The molecule has 0 bridgehead atoms. The van der Waals surface area contributed by atoms with Crippen LogP contribution in [0.2, 0.25) is 0 Å². The molecule has 1 saturated heterocycles. The lowest BCUT2D eigenvalue weighted by Gasteiger charge is -2.29. The first-order chi connectivity index (χ1) is 13.2. The smallest absolute Gasteiger partial charge is 0.311 e. The molecule has 8 nitrogen and oxygen atoms in total. The molecular formula is C20H33N5O3. The average Bonchev–Trinajstić information content (AvgIpc) is 3.17. The van der Waals surface area contributed by atoms with E-state index in [1.165, 1.54) is 12.1 Å². The molecule has 0 amide bonds.